The SMILES string of the molecule is CS(=O)(=O)N(CCN1CCSCC1)c1ccc2c(c1)C(=O)N(CC(=O)O[C@@H](Cc1c(Cl)c[nH+]cc1Cl)c1ccc(OC(F)F)c(OCC3CC3)c1)C2=O.[OH-]. The summed E-state index contributed by atoms with van der Waals surface area (Å²) >= 11 is 14.7. The molecule has 3 aliphatic rings. The molecule has 1 saturated carbocycles. The molecule has 3 aromatic rings. The van der Waals surface area contributed by atoms with Gasteiger partial charge >= 0.3 is 12.6 Å². The van der Waals surface area contributed by atoms with Crippen molar-refractivity contribution in [2.75, 3.05) is 61.4 Å². The number of H-pyrrole nitrogens is 1. The highest BCUT2D eigenvalue weighted by molar-refractivity contribution is 7.99. The van der Waals surface area contributed by atoms with Crippen LogP contribution in [0.5, 0.6) is 11.5 Å². The zero-order valence-electron chi connectivity index (χ0n) is 29.0. The molecule has 54 heavy (non-hydrogen) atoms. The van der Waals surface area contributed by atoms with Gasteiger partial charge < -0.3 is 19.7 Å². The van der Waals surface area contributed by atoms with Gasteiger partial charge in [0.25, 0.3) is 11.8 Å². The van der Waals surface area contributed by atoms with Gasteiger partial charge in [-0.15, -0.1) is 0 Å². The second-order valence-corrected chi connectivity index (χ2v) is 16.8. The largest absolute Gasteiger partial charge is 0.870 e. The Morgan fingerprint density at radius 1 is 1.02 bits per heavy atom. The number of halogens is 4. The van der Waals surface area contributed by atoms with Crippen LogP contribution in [0.2, 0.25) is 10.0 Å². The molecule has 3 heterocycles. The highest BCUT2D eigenvalue weighted by Crippen LogP contribution is 2.38. The van der Waals surface area contributed by atoms with Crippen LogP contribution in [-0.4, -0.2) is 105 Å². The number of fused-ring (bicyclic) bond motifs is 1. The molecule has 2 N–H and O–H groups in total. The minimum Gasteiger partial charge on any atom is -0.870 e. The van der Waals surface area contributed by atoms with E-state index in [1.54, 1.807) is 0 Å². The summed E-state index contributed by atoms with van der Waals surface area (Å²) in [6.07, 6.45) is 4.73. The van der Waals surface area contributed by atoms with Crippen LogP contribution in [-0.2, 0) is 26.0 Å². The van der Waals surface area contributed by atoms with Crippen molar-refractivity contribution in [3.8, 4) is 11.5 Å². The first-order chi connectivity index (χ1) is 25.3. The number of esters is 1. The Morgan fingerprint density at radius 2 is 1.70 bits per heavy atom. The summed E-state index contributed by atoms with van der Waals surface area (Å²) in [6, 6.07) is 8.31. The van der Waals surface area contributed by atoms with Gasteiger partial charge in [-0.3, -0.25) is 28.5 Å². The number of hydrogen-bond acceptors (Lipinski definition) is 11. The lowest BCUT2D eigenvalue weighted by atomic mass is 10.0. The lowest BCUT2D eigenvalue weighted by molar-refractivity contribution is -0.377. The number of alkyl halides is 2. The second kappa shape index (κ2) is 17.8. The van der Waals surface area contributed by atoms with Gasteiger partial charge in [-0.1, -0.05) is 29.3 Å². The summed E-state index contributed by atoms with van der Waals surface area (Å²) in [6.45, 7) is -1.29. The van der Waals surface area contributed by atoms with Gasteiger partial charge in [0, 0.05) is 49.7 Å². The van der Waals surface area contributed by atoms with Gasteiger partial charge in [-0.2, -0.15) is 20.5 Å². The van der Waals surface area contributed by atoms with E-state index in [0.29, 0.717) is 17.7 Å². The Balaban J connectivity index is 0.00000561. The van der Waals surface area contributed by atoms with Crippen molar-refractivity contribution >= 4 is 68.5 Å². The van der Waals surface area contributed by atoms with Crippen molar-refractivity contribution < 1.29 is 56.3 Å². The number of rotatable bonds is 16. The van der Waals surface area contributed by atoms with Gasteiger partial charge in [0.2, 0.25) is 10.0 Å². The maximum absolute atomic E-state index is 13.6. The molecule has 2 fully saturated rings. The predicted molar refractivity (Wildman–Crippen MR) is 197 cm³/mol. The number of nitrogens with one attached hydrogen (secondary N) is 1. The van der Waals surface area contributed by atoms with Crippen molar-refractivity contribution in [3.63, 3.8) is 0 Å². The summed E-state index contributed by atoms with van der Waals surface area (Å²) in [4.78, 5) is 46.3. The number of amides is 2. The molecule has 0 spiro atoms. The number of nitrogens with zero attached hydrogens (tertiary/aromatic N) is 3. The Kier molecular flexibility index (Phi) is 13.7. The zero-order valence-corrected chi connectivity index (χ0v) is 32.2. The van der Waals surface area contributed by atoms with Gasteiger partial charge in [0.05, 0.1) is 29.7 Å². The molecule has 2 amide bonds. The monoisotopic (exact) mass is 830 g/mol. The van der Waals surface area contributed by atoms with E-state index in [2.05, 4.69) is 14.6 Å². The number of carbonyl (C=O) groups excluding carboxylic acids is 3. The molecule has 0 bridgehead atoms. The van der Waals surface area contributed by atoms with Crippen molar-refractivity contribution in [1.82, 2.24) is 9.80 Å². The van der Waals surface area contributed by atoms with Gasteiger partial charge in [-0.25, -0.2) is 13.4 Å². The number of pyridine rings is 1. The molecule has 1 atom stereocenters. The van der Waals surface area contributed by atoms with Gasteiger partial charge in [0.1, 0.15) is 22.7 Å². The molecule has 0 unspecified atom stereocenters. The average molecular weight is 832 g/mol. The van der Waals surface area contributed by atoms with Gasteiger partial charge in [0.15, 0.2) is 23.9 Å². The molecule has 19 heteroatoms. The first-order valence-electron chi connectivity index (χ1n) is 16.8. The first-order valence-corrected chi connectivity index (χ1v) is 20.6. The number of benzene rings is 2. The van der Waals surface area contributed by atoms with E-state index in [4.69, 9.17) is 32.7 Å². The summed E-state index contributed by atoms with van der Waals surface area (Å²) < 4.78 is 69.6. The third kappa shape index (κ3) is 10.1. The van der Waals surface area contributed by atoms with Crippen molar-refractivity contribution in [2.24, 2.45) is 5.92 Å². The lowest BCUT2D eigenvalue weighted by Crippen LogP contribution is -2.41. The van der Waals surface area contributed by atoms with Crippen LogP contribution >= 0.6 is 35.0 Å². The quantitative estimate of drug-likeness (QED) is 0.142. The van der Waals surface area contributed by atoms with Crippen molar-refractivity contribution in [1.29, 1.82) is 0 Å². The van der Waals surface area contributed by atoms with Crippen LogP contribution in [0, 0.1) is 5.92 Å². The van der Waals surface area contributed by atoms with Crippen LogP contribution in [0.15, 0.2) is 48.8 Å². The standard InChI is InChI=1S/C35H36Cl2F2N4O8S2.H2O/c1-53(47,48)43(9-8-41-10-12-52-13-11-41)23-5-6-24-25(15-23)34(46)42(33(24)45)19-32(44)50-30(16-26-27(36)17-40-18-28(26)37)22-4-7-29(51-35(38)39)31(14-22)49-20-21-2-3-21;/h4-7,14-15,17-18,21,30,35H,2-3,8-13,16,19-20H2,1H3;1H2/t30-;/m0./s1. The fourth-order valence-electron chi connectivity index (χ4n) is 6.05. The van der Waals surface area contributed by atoms with Crippen LogP contribution < -0.4 is 18.8 Å². The number of aromatic nitrogens is 1. The van der Waals surface area contributed by atoms with Crippen LogP contribution in [0.4, 0.5) is 14.5 Å². The number of thioether (sulfide) groups is 1. The molecular weight excluding hydrogens is 793 g/mol. The Hall–Kier alpha value is -3.74. The van der Waals surface area contributed by atoms with E-state index in [1.165, 1.54) is 53.1 Å². The summed E-state index contributed by atoms with van der Waals surface area (Å²) in [7, 11) is -3.75. The van der Waals surface area contributed by atoms with E-state index in [-0.39, 0.29) is 69.3 Å². The van der Waals surface area contributed by atoms with Crippen LogP contribution in [0.25, 0.3) is 0 Å². The molecule has 0 radical (unpaired) electrons. The van der Waals surface area contributed by atoms with Crippen LogP contribution in [0.3, 0.4) is 0 Å². The number of hydrogen-bond donors (Lipinski definition) is 0. The van der Waals surface area contributed by atoms with E-state index < -0.39 is 47.1 Å². The Labute approximate surface area is 325 Å². The number of anilines is 1. The first kappa shape index (κ1) is 41.4. The molecular formula is C35H38Cl2F2N4O9S2. The molecule has 1 saturated heterocycles. The average Bonchev–Trinajstić information content (AvgIpc) is 3.92. The zero-order chi connectivity index (χ0) is 37.9. The maximum atomic E-state index is 13.6. The molecule has 2 aliphatic heterocycles. The smallest absolute Gasteiger partial charge is 0.387 e. The molecule has 13 nitrogen and oxygen atoms in total. The molecule has 292 valence electrons. The number of carbonyl (C=O) groups is 3. The summed E-state index contributed by atoms with van der Waals surface area (Å²) in [5.41, 5.74) is 0.904. The third-order valence-electron chi connectivity index (χ3n) is 9.04. The number of sulfonamides is 1. The van der Waals surface area contributed by atoms with E-state index in [0.717, 1.165) is 48.6 Å². The van der Waals surface area contributed by atoms with Gasteiger partial charge in [-0.05, 0) is 54.7 Å². The highest BCUT2D eigenvalue weighted by atomic mass is 35.5. The third-order valence-corrected chi connectivity index (χ3v) is 11.9. The molecule has 1 aromatic heterocycles. The topological polar surface area (TPSA) is 167 Å². The summed E-state index contributed by atoms with van der Waals surface area (Å²) in [5, 5.41) is 0.464. The van der Waals surface area contributed by atoms with Crippen molar-refractivity contribution in [3.05, 3.63) is 81.1 Å². The highest BCUT2D eigenvalue weighted by Gasteiger charge is 2.39. The molecule has 1 aliphatic carbocycles. The molecule has 6 rings (SSSR count). The number of aromatic amines is 1. The normalized spacial score (nSPS) is 16.5. The van der Waals surface area contributed by atoms with Crippen molar-refractivity contribution in [2.45, 2.75) is 32.0 Å². The Morgan fingerprint density at radius 3 is 2.35 bits per heavy atom. The van der Waals surface area contributed by atoms with Crippen LogP contribution in [0.1, 0.15) is 50.8 Å². The molecule has 2 aromatic carbocycles. The number of ether oxygens (including phenoxy) is 3. The predicted octanol–water partition coefficient (Wildman–Crippen LogP) is 4.96. The minimum atomic E-state index is -3.75. The van der Waals surface area contributed by atoms with E-state index >= 15 is 0 Å². The fraction of sp³-hybridized carbons (Fsp3) is 0.429. The Bertz CT molecular complexity index is 1970. The van der Waals surface area contributed by atoms with E-state index in [9.17, 15) is 31.6 Å². The maximum Gasteiger partial charge on any atom is 0.387 e. The minimum absolute atomic E-state index is 0. The second-order valence-electron chi connectivity index (χ2n) is 12.9. The lowest BCUT2D eigenvalue weighted by Gasteiger charge is -2.30. The summed E-state index contributed by atoms with van der Waals surface area (Å²) in [5.74, 6) is -0.504. The number of imide groups is 1. The van der Waals surface area contributed by atoms with E-state index in [1.807, 2.05) is 11.8 Å². The fourth-order valence-corrected chi connectivity index (χ4v) is 8.47.